The maximum absolute atomic E-state index is 9.09. The summed E-state index contributed by atoms with van der Waals surface area (Å²) in [6, 6.07) is 0.342. The highest BCUT2D eigenvalue weighted by Crippen LogP contribution is 2.21. The average Bonchev–Trinajstić information content (AvgIpc) is 2.39. The fourth-order valence-electron chi connectivity index (χ4n) is 2.07. The molecule has 0 amide bonds. The first-order valence-electron chi connectivity index (χ1n) is 6.04. The van der Waals surface area contributed by atoms with Crippen molar-refractivity contribution in [3.63, 3.8) is 0 Å². The van der Waals surface area contributed by atoms with Crippen molar-refractivity contribution in [2.75, 3.05) is 18.1 Å². The van der Waals surface area contributed by atoms with Gasteiger partial charge in [-0.25, -0.2) is 4.98 Å². The van der Waals surface area contributed by atoms with Crippen LogP contribution in [0.4, 0.5) is 5.82 Å². The molecule has 1 aliphatic heterocycles. The summed E-state index contributed by atoms with van der Waals surface area (Å²) in [6.07, 6.45) is 4.56. The summed E-state index contributed by atoms with van der Waals surface area (Å²) in [5.74, 6) is 0.832. The van der Waals surface area contributed by atoms with Gasteiger partial charge in [-0.05, 0) is 13.3 Å². The first kappa shape index (κ1) is 12.3. The minimum Gasteiger partial charge on any atom is -0.390 e. The van der Waals surface area contributed by atoms with Crippen LogP contribution in [0, 0.1) is 0 Å². The van der Waals surface area contributed by atoms with Gasteiger partial charge in [-0.1, -0.05) is 6.92 Å². The number of anilines is 1. The van der Waals surface area contributed by atoms with Gasteiger partial charge in [0.2, 0.25) is 0 Å². The van der Waals surface area contributed by atoms with Crippen molar-refractivity contribution < 1.29 is 9.84 Å². The van der Waals surface area contributed by atoms with E-state index in [1.54, 1.807) is 12.4 Å². The van der Waals surface area contributed by atoms with Crippen molar-refractivity contribution in [3.05, 3.63) is 18.1 Å². The number of ether oxygens (including phenoxy) is 1. The highest BCUT2D eigenvalue weighted by atomic mass is 16.5. The van der Waals surface area contributed by atoms with E-state index in [2.05, 4.69) is 28.7 Å². The van der Waals surface area contributed by atoms with Crippen LogP contribution in [-0.4, -0.2) is 40.4 Å². The third-order valence-corrected chi connectivity index (χ3v) is 3.07. The quantitative estimate of drug-likeness (QED) is 0.849. The highest BCUT2D eigenvalue weighted by molar-refractivity contribution is 5.38. The molecular weight excluding hydrogens is 218 g/mol. The Balaban J connectivity index is 2.22. The second kappa shape index (κ2) is 5.42. The SMILES string of the molecule is CCC1COC(C)CN1c1cncc(CO)n1. The monoisotopic (exact) mass is 237 g/mol. The molecule has 1 aromatic heterocycles. The van der Waals surface area contributed by atoms with Gasteiger partial charge < -0.3 is 14.7 Å². The minimum atomic E-state index is -0.0719. The third-order valence-electron chi connectivity index (χ3n) is 3.07. The van der Waals surface area contributed by atoms with Crippen LogP contribution in [0.2, 0.25) is 0 Å². The third kappa shape index (κ3) is 2.73. The lowest BCUT2D eigenvalue weighted by atomic mass is 10.1. The van der Waals surface area contributed by atoms with Crippen LogP contribution in [-0.2, 0) is 11.3 Å². The van der Waals surface area contributed by atoms with E-state index < -0.39 is 0 Å². The van der Waals surface area contributed by atoms with Crippen molar-refractivity contribution in [1.29, 1.82) is 0 Å². The zero-order chi connectivity index (χ0) is 12.3. The summed E-state index contributed by atoms with van der Waals surface area (Å²) in [5, 5.41) is 9.09. The van der Waals surface area contributed by atoms with Gasteiger partial charge in [0.05, 0.1) is 43.4 Å². The smallest absolute Gasteiger partial charge is 0.147 e. The number of nitrogens with zero attached hydrogens (tertiary/aromatic N) is 3. The van der Waals surface area contributed by atoms with Crippen LogP contribution < -0.4 is 4.90 Å². The Kier molecular flexibility index (Phi) is 3.91. The van der Waals surface area contributed by atoms with E-state index in [-0.39, 0.29) is 12.7 Å². The molecule has 2 heterocycles. The van der Waals surface area contributed by atoms with E-state index in [9.17, 15) is 0 Å². The maximum atomic E-state index is 9.09. The largest absolute Gasteiger partial charge is 0.390 e. The summed E-state index contributed by atoms with van der Waals surface area (Å²) in [5.41, 5.74) is 0.608. The van der Waals surface area contributed by atoms with E-state index in [0.717, 1.165) is 25.4 Å². The molecule has 17 heavy (non-hydrogen) atoms. The molecule has 94 valence electrons. The summed E-state index contributed by atoms with van der Waals surface area (Å²) in [7, 11) is 0. The fraction of sp³-hybridized carbons (Fsp3) is 0.667. The molecule has 0 aliphatic carbocycles. The Bertz CT molecular complexity index is 373. The van der Waals surface area contributed by atoms with Crippen LogP contribution in [0.5, 0.6) is 0 Å². The molecule has 0 bridgehead atoms. The molecule has 5 nitrogen and oxygen atoms in total. The van der Waals surface area contributed by atoms with Gasteiger partial charge in [0, 0.05) is 6.54 Å². The molecule has 5 heteroatoms. The molecule has 2 unspecified atom stereocenters. The molecule has 1 fully saturated rings. The Morgan fingerprint density at radius 3 is 3.06 bits per heavy atom. The predicted molar refractivity (Wildman–Crippen MR) is 64.8 cm³/mol. The van der Waals surface area contributed by atoms with Gasteiger partial charge in [0.1, 0.15) is 5.82 Å². The number of hydrogen-bond donors (Lipinski definition) is 1. The van der Waals surface area contributed by atoms with E-state index in [0.29, 0.717) is 11.7 Å². The van der Waals surface area contributed by atoms with Gasteiger partial charge in [-0.2, -0.15) is 0 Å². The second-order valence-corrected chi connectivity index (χ2v) is 4.39. The molecule has 1 saturated heterocycles. The number of aliphatic hydroxyl groups is 1. The van der Waals surface area contributed by atoms with Gasteiger partial charge in [-0.15, -0.1) is 0 Å². The standard InChI is InChI=1S/C12H19N3O2/c1-3-11-8-17-9(2)6-15(11)12-5-13-4-10(7-16)14-12/h4-5,9,11,16H,3,6-8H2,1-2H3. The molecule has 0 radical (unpaired) electrons. The van der Waals surface area contributed by atoms with Gasteiger partial charge >= 0.3 is 0 Å². The number of rotatable bonds is 3. The Morgan fingerprint density at radius 2 is 2.35 bits per heavy atom. The number of aromatic nitrogens is 2. The summed E-state index contributed by atoms with van der Waals surface area (Å²) < 4.78 is 5.65. The normalized spacial score (nSPS) is 25.0. The second-order valence-electron chi connectivity index (χ2n) is 4.39. The zero-order valence-electron chi connectivity index (χ0n) is 10.3. The molecule has 1 aliphatic rings. The molecular formula is C12H19N3O2. The Morgan fingerprint density at radius 1 is 1.53 bits per heavy atom. The van der Waals surface area contributed by atoms with Gasteiger partial charge in [0.25, 0.3) is 0 Å². The summed E-state index contributed by atoms with van der Waals surface area (Å²) in [6.45, 7) is 5.67. The van der Waals surface area contributed by atoms with Crippen LogP contribution in [0.25, 0.3) is 0 Å². The average molecular weight is 237 g/mol. The molecule has 2 atom stereocenters. The van der Waals surface area contributed by atoms with Crippen LogP contribution in [0.15, 0.2) is 12.4 Å². The van der Waals surface area contributed by atoms with Crippen molar-refractivity contribution >= 4 is 5.82 Å². The van der Waals surface area contributed by atoms with E-state index in [4.69, 9.17) is 9.84 Å². The molecule has 1 N–H and O–H groups in total. The number of hydrogen-bond acceptors (Lipinski definition) is 5. The molecule has 0 spiro atoms. The topological polar surface area (TPSA) is 58.5 Å². The molecule has 0 aromatic carbocycles. The van der Waals surface area contributed by atoms with Crippen molar-refractivity contribution in [2.45, 2.75) is 39.0 Å². The van der Waals surface area contributed by atoms with Crippen molar-refractivity contribution in [2.24, 2.45) is 0 Å². The molecule has 2 rings (SSSR count). The van der Waals surface area contributed by atoms with Crippen LogP contribution in [0.3, 0.4) is 0 Å². The number of morpholine rings is 1. The zero-order valence-corrected chi connectivity index (χ0v) is 10.3. The van der Waals surface area contributed by atoms with Crippen molar-refractivity contribution in [3.8, 4) is 0 Å². The summed E-state index contributed by atoms with van der Waals surface area (Å²) >= 11 is 0. The predicted octanol–water partition coefficient (Wildman–Crippen LogP) is 0.973. The van der Waals surface area contributed by atoms with Crippen LogP contribution in [0.1, 0.15) is 26.0 Å². The van der Waals surface area contributed by atoms with Gasteiger partial charge in [0.15, 0.2) is 0 Å². The minimum absolute atomic E-state index is 0.0719. The number of aliphatic hydroxyl groups excluding tert-OH is 1. The van der Waals surface area contributed by atoms with Gasteiger partial charge in [-0.3, -0.25) is 4.98 Å². The first-order chi connectivity index (χ1) is 8.24. The molecule has 1 aromatic rings. The fourth-order valence-corrected chi connectivity index (χ4v) is 2.07. The lowest BCUT2D eigenvalue weighted by molar-refractivity contribution is 0.0295. The van der Waals surface area contributed by atoms with Crippen molar-refractivity contribution in [1.82, 2.24) is 9.97 Å². The lowest BCUT2D eigenvalue weighted by Gasteiger charge is -2.39. The Labute approximate surface area is 101 Å². The first-order valence-corrected chi connectivity index (χ1v) is 6.04. The van der Waals surface area contributed by atoms with Crippen LogP contribution >= 0.6 is 0 Å². The Hall–Kier alpha value is -1.20. The van der Waals surface area contributed by atoms with E-state index in [1.165, 1.54) is 0 Å². The summed E-state index contributed by atoms with van der Waals surface area (Å²) in [4.78, 5) is 10.7. The highest BCUT2D eigenvalue weighted by Gasteiger charge is 2.26. The maximum Gasteiger partial charge on any atom is 0.147 e. The van der Waals surface area contributed by atoms with E-state index >= 15 is 0 Å². The molecule has 0 saturated carbocycles. The lowest BCUT2D eigenvalue weighted by Crippen LogP contribution is -2.49. The van der Waals surface area contributed by atoms with E-state index in [1.807, 2.05) is 0 Å².